The number of carbonyl (C=O) groups is 3. The molecule has 3 atom stereocenters. The van der Waals surface area contributed by atoms with E-state index in [1.807, 2.05) is 6.07 Å². The topological polar surface area (TPSA) is 91.8 Å². The Labute approximate surface area is 223 Å². The molecule has 1 aromatic heterocycles. The third kappa shape index (κ3) is 4.99. The Bertz CT molecular complexity index is 1310. The van der Waals surface area contributed by atoms with E-state index >= 15 is 0 Å². The summed E-state index contributed by atoms with van der Waals surface area (Å²) in [7, 11) is 0. The Kier molecular flexibility index (Phi) is 6.57. The number of nitrogens with zero attached hydrogens (tertiary/aromatic N) is 3. The zero-order chi connectivity index (χ0) is 27.3. The van der Waals surface area contributed by atoms with Gasteiger partial charge < -0.3 is 9.64 Å². The van der Waals surface area contributed by atoms with Crippen molar-refractivity contribution in [2.24, 2.45) is 0 Å². The van der Waals surface area contributed by atoms with Crippen molar-refractivity contribution in [2.75, 3.05) is 13.1 Å². The molecule has 3 amide bonds. The van der Waals surface area contributed by atoms with Gasteiger partial charge in [-0.1, -0.05) is 6.42 Å². The molecule has 4 aliphatic rings. The van der Waals surface area contributed by atoms with Gasteiger partial charge in [-0.2, -0.15) is 13.2 Å². The minimum atomic E-state index is -4.46. The van der Waals surface area contributed by atoms with Crippen LogP contribution in [0.4, 0.5) is 13.2 Å². The van der Waals surface area contributed by atoms with Gasteiger partial charge in [-0.15, -0.1) is 0 Å². The molecule has 8 nitrogen and oxygen atoms in total. The number of aromatic nitrogens is 1. The second-order valence-corrected chi connectivity index (χ2v) is 10.9. The highest BCUT2D eigenvalue weighted by molar-refractivity contribution is 6.05. The minimum absolute atomic E-state index is 0.0287. The van der Waals surface area contributed by atoms with Gasteiger partial charge in [-0.25, -0.2) is 0 Å². The van der Waals surface area contributed by atoms with Gasteiger partial charge in [-0.3, -0.25) is 29.6 Å². The van der Waals surface area contributed by atoms with E-state index in [2.05, 4.69) is 15.2 Å². The van der Waals surface area contributed by atoms with Crippen LogP contribution in [0, 0.1) is 0 Å². The van der Waals surface area contributed by atoms with E-state index in [0.29, 0.717) is 36.4 Å². The molecule has 3 aliphatic heterocycles. The van der Waals surface area contributed by atoms with Crippen LogP contribution in [0.5, 0.6) is 5.75 Å². The summed E-state index contributed by atoms with van der Waals surface area (Å²) in [5.41, 5.74) is 1.12. The first-order valence-corrected chi connectivity index (χ1v) is 13.4. The number of piperidine rings is 1. The molecule has 2 saturated heterocycles. The molecule has 6 rings (SSSR count). The van der Waals surface area contributed by atoms with Gasteiger partial charge in [0.25, 0.3) is 5.91 Å². The molecule has 0 spiro atoms. The number of amides is 3. The van der Waals surface area contributed by atoms with Crippen LogP contribution in [0.1, 0.15) is 71.6 Å². The minimum Gasteiger partial charge on any atom is -0.489 e. The van der Waals surface area contributed by atoms with Crippen LogP contribution in [0.25, 0.3) is 0 Å². The molecule has 3 fully saturated rings. The number of imide groups is 1. The number of hydrogen-bond acceptors (Lipinski definition) is 6. The molecule has 1 aromatic carbocycles. The number of carbonyl (C=O) groups excluding carboxylic acids is 3. The summed E-state index contributed by atoms with van der Waals surface area (Å²) >= 11 is 0. The lowest BCUT2D eigenvalue weighted by Crippen LogP contribution is -2.57. The summed E-state index contributed by atoms with van der Waals surface area (Å²) in [4.78, 5) is 44.1. The standard InChI is InChI=1S/C28H29F3N4O4/c29-28(30,31)24-12-16(9-10-32-24)18-13-34(14-18)21-3-1-2-4-23(21)39-19-5-6-20-17(11-19)15-35(27(20)38)22-7-8-25(36)33-26(22)37/h5-6,9-12,18,21-23H,1-4,7-8,13-15H2,(H,33,36,37)/t21-,22?,23+/m0/s1. The van der Waals surface area contributed by atoms with Crippen molar-refractivity contribution in [3.8, 4) is 5.75 Å². The quantitative estimate of drug-likeness (QED) is 0.580. The van der Waals surface area contributed by atoms with E-state index in [0.717, 1.165) is 37.3 Å². The van der Waals surface area contributed by atoms with Crippen LogP contribution < -0.4 is 10.1 Å². The van der Waals surface area contributed by atoms with Gasteiger partial charge in [0.1, 0.15) is 23.6 Å². The smallest absolute Gasteiger partial charge is 0.433 e. The van der Waals surface area contributed by atoms with Gasteiger partial charge in [0.2, 0.25) is 11.8 Å². The van der Waals surface area contributed by atoms with Gasteiger partial charge >= 0.3 is 6.18 Å². The Hall–Kier alpha value is -3.47. The normalized spacial score (nSPS) is 26.3. The number of likely N-dealkylation sites (tertiary alicyclic amines) is 1. The summed E-state index contributed by atoms with van der Waals surface area (Å²) < 4.78 is 45.7. The van der Waals surface area contributed by atoms with E-state index in [-0.39, 0.29) is 42.8 Å². The van der Waals surface area contributed by atoms with Crippen molar-refractivity contribution < 1.29 is 32.3 Å². The SMILES string of the molecule is O=C1CCC(N2Cc3cc(O[C@@H]4CCCC[C@@H]4N4CC(c5ccnc(C(F)(F)F)c5)C4)ccc3C2=O)C(=O)N1. The summed E-state index contributed by atoms with van der Waals surface area (Å²) in [6, 6.07) is 7.69. The van der Waals surface area contributed by atoms with Crippen LogP contribution in [0.15, 0.2) is 36.5 Å². The largest absolute Gasteiger partial charge is 0.489 e. The molecule has 1 saturated carbocycles. The Morgan fingerprint density at radius 2 is 1.79 bits per heavy atom. The summed E-state index contributed by atoms with van der Waals surface area (Å²) in [6.45, 7) is 1.63. The average Bonchev–Trinajstić information content (AvgIpc) is 3.19. The van der Waals surface area contributed by atoms with E-state index in [1.54, 1.807) is 18.2 Å². The van der Waals surface area contributed by atoms with Crippen molar-refractivity contribution in [1.29, 1.82) is 0 Å². The molecule has 1 aliphatic carbocycles. The number of hydrogen-bond donors (Lipinski definition) is 1. The van der Waals surface area contributed by atoms with Crippen molar-refractivity contribution in [3.05, 3.63) is 58.9 Å². The molecular weight excluding hydrogens is 513 g/mol. The second-order valence-electron chi connectivity index (χ2n) is 10.9. The number of benzene rings is 1. The fourth-order valence-corrected chi connectivity index (χ4v) is 6.28. The number of pyridine rings is 1. The molecule has 11 heteroatoms. The molecule has 1 unspecified atom stereocenters. The third-order valence-electron chi connectivity index (χ3n) is 8.37. The molecule has 4 heterocycles. The lowest BCUT2D eigenvalue weighted by atomic mass is 9.84. The van der Waals surface area contributed by atoms with Crippen LogP contribution in [-0.2, 0) is 22.3 Å². The first-order valence-electron chi connectivity index (χ1n) is 13.4. The highest BCUT2D eigenvalue weighted by atomic mass is 19.4. The molecular formula is C28H29F3N4O4. The summed E-state index contributed by atoms with van der Waals surface area (Å²) in [6.07, 6.45) is 1.15. The predicted molar refractivity (Wildman–Crippen MR) is 133 cm³/mol. The third-order valence-corrected chi connectivity index (χ3v) is 8.37. The van der Waals surface area contributed by atoms with Crippen molar-refractivity contribution in [2.45, 2.75) is 75.4 Å². The maximum Gasteiger partial charge on any atom is 0.433 e. The van der Waals surface area contributed by atoms with E-state index in [4.69, 9.17) is 4.74 Å². The maximum absolute atomic E-state index is 13.1. The molecule has 206 valence electrons. The molecule has 39 heavy (non-hydrogen) atoms. The van der Waals surface area contributed by atoms with Crippen LogP contribution in [0.2, 0.25) is 0 Å². The zero-order valence-corrected chi connectivity index (χ0v) is 21.2. The highest BCUT2D eigenvalue weighted by Gasteiger charge is 2.42. The monoisotopic (exact) mass is 542 g/mol. The first-order chi connectivity index (χ1) is 18.7. The first kappa shape index (κ1) is 25.8. The Morgan fingerprint density at radius 1 is 1.00 bits per heavy atom. The van der Waals surface area contributed by atoms with Crippen molar-refractivity contribution in [3.63, 3.8) is 0 Å². The van der Waals surface area contributed by atoms with Gasteiger partial charge in [0, 0.05) is 49.8 Å². The van der Waals surface area contributed by atoms with Crippen LogP contribution in [-0.4, -0.2) is 63.8 Å². The fraction of sp³-hybridized carbons (Fsp3) is 0.500. The Balaban J connectivity index is 1.11. The number of alkyl halides is 3. The molecule has 0 radical (unpaired) electrons. The maximum atomic E-state index is 13.1. The number of fused-ring (bicyclic) bond motifs is 1. The molecule has 1 N–H and O–H groups in total. The highest BCUT2D eigenvalue weighted by Crippen LogP contribution is 2.38. The van der Waals surface area contributed by atoms with E-state index in [1.165, 1.54) is 11.1 Å². The number of ether oxygens (including phenoxy) is 1. The van der Waals surface area contributed by atoms with Crippen LogP contribution >= 0.6 is 0 Å². The Morgan fingerprint density at radius 3 is 2.56 bits per heavy atom. The fourth-order valence-electron chi connectivity index (χ4n) is 6.28. The van der Waals surface area contributed by atoms with Gasteiger partial charge in [0.05, 0.1) is 0 Å². The number of nitrogens with one attached hydrogen (secondary N) is 1. The lowest BCUT2D eigenvalue weighted by Gasteiger charge is -2.48. The predicted octanol–water partition coefficient (Wildman–Crippen LogP) is 3.65. The second kappa shape index (κ2) is 9.93. The van der Waals surface area contributed by atoms with Crippen molar-refractivity contribution in [1.82, 2.24) is 20.1 Å². The summed E-state index contributed by atoms with van der Waals surface area (Å²) in [5.74, 6) is -0.301. The lowest BCUT2D eigenvalue weighted by molar-refractivity contribution is -0.141. The summed E-state index contributed by atoms with van der Waals surface area (Å²) in [5, 5.41) is 2.31. The average molecular weight is 543 g/mol. The molecule has 0 bridgehead atoms. The number of halogens is 3. The van der Waals surface area contributed by atoms with Gasteiger partial charge in [0.15, 0.2) is 0 Å². The van der Waals surface area contributed by atoms with Crippen LogP contribution in [0.3, 0.4) is 0 Å². The zero-order valence-electron chi connectivity index (χ0n) is 21.2. The van der Waals surface area contributed by atoms with Crippen molar-refractivity contribution >= 4 is 17.7 Å². The number of rotatable bonds is 5. The van der Waals surface area contributed by atoms with E-state index in [9.17, 15) is 27.6 Å². The van der Waals surface area contributed by atoms with Gasteiger partial charge in [-0.05, 0) is 67.1 Å². The van der Waals surface area contributed by atoms with E-state index < -0.39 is 23.8 Å². The molecule has 2 aromatic rings.